The van der Waals surface area contributed by atoms with Gasteiger partial charge < -0.3 is 14.4 Å². The summed E-state index contributed by atoms with van der Waals surface area (Å²) in [6.45, 7) is 3.52. The molecule has 8 nitrogen and oxygen atoms in total. The fourth-order valence-electron chi connectivity index (χ4n) is 3.54. The lowest BCUT2D eigenvalue weighted by Gasteiger charge is -2.36. The van der Waals surface area contributed by atoms with Crippen molar-refractivity contribution < 1.29 is 14.3 Å². The zero-order valence-electron chi connectivity index (χ0n) is 14.6. The highest BCUT2D eigenvalue weighted by atomic mass is 16.5. The Bertz CT molecular complexity index is 755. The molecular weight excluding hydrogens is 334 g/mol. The van der Waals surface area contributed by atoms with Crippen molar-refractivity contribution in [3.05, 3.63) is 48.2 Å². The Morgan fingerprint density at radius 1 is 1.31 bits per heavy atom. The highest BCUT2D eigenvalue weighted by Gasteiger charge is 2.42. The van der Waals surface area contributed by atoms with E-state index in [1.165, 1.54) is 25.1 Å². The Balaban J connectivity index is 1.45. The Hall–Kier alpha value is -2.58. The molecule has 0 N–H and O–H groups in total. The molecule has 2 aliphatic heterocycles. The molecule has 0 spiro atoms. The average Bonchev–Trinajstić information content (AvgIpc) is 3.14. The molecule has 4 heterocycles. The first-order valence-corrected chi connectivity index (χ1v) is 8.64. The second-order valence-electron chi connectivity index (χ2n) is 6.46. The quantitative estimate of drug-likeness (QED) is 0.795. The van der Waals surface area contributed by atoms with Crippen molar-refractivity contribution in [2.75, 3.05) is 33.4 Å². The molecule has 26 heavy (non-hydrogen) atoms. The maximum atomic E-state index is 12.8. The second-order valence-corrected chi connectivity index (χ2v) is 6.46. The van der Waals surface area contributed by atoms with Crippen molar-refractivity contribution in [1.29, 1.82) is 0 Å². The molecule has 0 aromatic carbocycles. The number of carbonyl (C=O) groups is 1. The number of likely N-dealkylation sites (tertiary alicyclic amines) is 1. The van der Waals surface area contributed by atoms with Gasteiger partial charge in [0.1, 0.15) is 5.69 Å². The fourth-order valence-corrected chi connectivity index (χ4v) is 3.54. The van der Waals surface area contributed by atoms with E-state index in [9.17, 15) is 4.79 Å². The molecule has 0 radical (unpaired) electrons. The lowest BCUT2D eigenvalue weighted by atomic mass is 10.1. The zero-order valence-corrected chi connectivity index (χ0v) is 14.6. The van der Waals surface area contributed by atoms with Crippen molar-refractivity contribution in [3.8, 4) is 5.88 Å². The molecule has 0 unspecified atom stereocenters. The van der Waals surface area contributed by atoms with E-state index in [-0.39, 0.29) is 18.1 Å². The molecule has 4 rings (SSSR count). The van der Waals surface area contributed by atoms with E-state index in [1.54, 1.807) is 11.1 Å². The largest absolute Gasteiger partial charge is 0.480 e. The van der Waals surface area contributed by atoms with Gasteiger partial charge >= 0.3 is 0 Å². The first-order valence-electron chi connectivity index (χ1n) is 8.64. The van der Waals surface area contributed by atoms with Crippen molar-refractivity contribution in [1.82, 2.24) is 24.8 Å². The van der Waals surface area contributed by atoms with Gasteiger partial charge in [-0.2, -0.15) is 0 Å². The number of aromatic nitrogens is 3. The summed E-state index contributed by atoms with van der Waals surface area (Å²) >= 11 is 0. The summed E-state index contributed by atoms with van der Waals surface area (Å²) in [5, 5.41) is 0. The molecule has 136 valence electrons. The number of pyridine rings is 1. The molecule has 2 saturated heterocycles. The molecule has 2 aliphatic rings. The second kappa shape index (κ2) is 7.35. The van der Waals surface area contributed by atoms with Crippen LogP contribution < -0.4 is 4.74 Å². The van der Waals surface area contributed by atoms with Gasteiger partial charge in [-0.3, -0.25) is 14.7 Å². The molecule has 2 aromatic rings. The van der Waals surface area contributed by atoms with Gasteiger partial charge in [-0.1, -0.05) is 6.07 Å². The Kier molecular flexibility index (Phi) is 4.77. The van der Waals surface area contributed by atoms with Gasteiger partial charge in [0.15, 0.2) is 0 Å². The molecular formula is C18H21N5O3. The van der Waals surface area contributed by atoms with Crippen LogP contribution in [0.3, 0.4) is 0 Å². The van der Waals surface area contributed by atoms with Gasteiger partial charge in [0.05, 0.1) is 38.3 Å². The van der Waals surface area contributed by atoms with Gasteiger partial charge in [-0.25, -0.2) is 9.97 Å². The molecule has 2 fully saturated rings. The number of morpholine rings is 1. The van der Waals surface area contributed by atoms with Gasteiger partial charge in [0.25, 0.3) is 5.91 Å². The number of fused-ring (bicyclic) bond motifs is 1. The normalized spacial score (nSPS) is 22.9. The lowest BCUT2D eigenvalue weighted by Crippen LogP contribution is -2.50. The molecule has 1 amide bonds. The number of hydrogen-bond acceptors (Lipinski definition) is 7. The Labute approximate surface area is 151 Å². The average molecular weight is 355 g/mol. The lowest BCUT2D eigenvalue weighted by molar-refractivity contribution is -0.0503. The fraction of sp³-hybridized carbons (Fsp3) is 0.444. The van der Waals surface area contributed by atoms with E-state index in [1.807, 2.05) is 12.3 Å². The third kappa shape index (κ3) is 3.38. The highest BCUT2D eigenvalue weighted by Crippen LogP contribution is 2.25. The number of carbonyl (C=O) groups excluding carboxylic acids is 1. The van der Waals surface area contributed by atoms with Gasteiger partial charge in [-0.05, 0) is 11.6 Å². The summed E-state index contributed by atoms with van der Waals surface area (Å²) in [5.74, 6) is 0.266. The zero-order chi connectivity index (χ0) is 17.9. The number of amides is 1. The number of hydrogen-bond donors (Lipinski definition) is 0. The van der Waals surface area contributed by atoms with Gasteiger partial charge in [0, 0.05) is 38.6 Å². The maximum Gasteiger partial charge on any atom is 0.274 e. The van der Waals surface area contributed by atoms with E-state index >= 15 is 0 Å². The summed E-state index contributed by atoms with van der Waals surface area (Å²) in [7, 11) is 1.52. The first-order chi connectivity index (χ1) is 12.7. The van der Waals surface area contributed by atoms with E-state index in [2.05, 4.69) is 25.9 Å². The smallest absolute Gasteiger partial charge is 0.274 e. The summed E-state index contributed by atoms with van der Waals surface area (Å²) in [4.78, 5) is 29.3. The van der Waals surface area contributed by atoms with Gasteiger partial charge in [0.2, 0.25) is 5.88 Å². The topological polar surface area (TPSA) is 80.7 Å². The number of rotatable bonds is 4. The molecule has 2 aromatic heterocycles. The summed E-state index contributed by atoms with van der Waals surface area (Å²) in [6.07, 6.45) is 6.60. The Morgan fingerprint density at radius 2 is 2.23 bits per heavy atom. The van der Waals surface area contributed by atoms with Crippen LogP contribution in [0.25, 0.3) is 0 Å². The van der Waals surface area contributed by atoms with E-state index in [4.69, 9.17) is 9.47 Å². The van der Waals surface area contributed by atoms with E-state index in [0.717, 1.165) is 13.1 Å². The van der Waals surface area contributed by atoms with Crippen LogP contribution in [0.5, 0.6) is 5.88 Å². The van der Waals surface area contributed by atoms with E-state index < -0.39 is 0 Å². The number of methoxy groups -OCH3 is 1. The monoisotopic (exact) mass is 355 g/mol. The van der Waals surface area contributed by atoms with Crippen molar-refractivity contribution in [2.24, 2.45) is 0 Å². The molecule has 0 aliphatic carbocycles. The number of nitrogens with zero attached hydrogens (tertiary/aromatic N) is 5. The van der Waals surface area contributed by atoms with Crippen LogP contribution in [0.1, 0.15) is 16.1 Å². The van der Waals surface area contributed by atoms with Gasteiger partial charge in [-0.15, -0.1) is 0 Å². The SMILES string of the molecule is COc1cnc(C(=O)N2C[C@@H]3OCCN(Cc4cccnc4)[C@H]3C2)cn1. The van der Waals surface area contributed by atoms with Crippen LogP contribution >= 0.6 is 0 Å². The van der Waals surface area contributed by atoms with Crippen molar-refractivity contribution in [3.63, 3.8) is 0 Å². The van der Waals surface area contributed by atoms with Crippen LogP contribution in [0, 0.1) is 0 Å². The summed E-state index contributed by atoms with van der Waals surface area (Å²) < 4.78 is 10.9. The van der Waals surface area contributed by atoms with Crippen molar-refractivity contribution >= 4 is 5.91 Å². The predicted octanol–water partition coefficient (Wildman–Crippen LogP) is 0.606. The molecule has 2 atom stereocenters. The minimum atomic E-state index is -0.125. The minimum absolute atomic E-state index is 0.0237. The van der Waals surface area contributed by atoms with Crippen LogP contribution in [0.15, 0.2) is 36.9 Å². The first kappa shape index (κ1) is 16.9. The predicted molar refractivity (Wildman–Crippen MR) is 92.7 cm³/mol. The highest BCUT2D eigenvalue weighted by molar-refractivity contribution is 5.92. The van der Waals surface area contributed by atoms with Crippen LogP contribution in [-0.4, -0.2) is 76.2 Å². The Morgan fingerprint density at radius 3 is 2.96 bits per heavy atom. The van der Waals surface area contributed by atoms with Crippen LogP contribution in [0.2, 0.25) is 0 Å². The third-order valence-electron chi connectivity index (χ3n) is 4.87. The van der Waals surface area contributed by atoms with Crippen molar-refractivity contribution in [2.45, 2.75) is 18.7 Å². The molecule has 8 heteroatoms. The standard InChI is InChI=1S/C18H21N5O3/c1-25-17-9-20-14(8-21-17)18(24)23-11-15-16(12-23)26-6-5-22(15)10-13-3-2-4-19-7-13/h2-4,7-9,15-16H,5-6,10-12H2,1H3/t15-,16-/m0/s1. The third-order valence-corrected chi connectivity index (χ3v) is 4.87. The minimum Gasteiger partial charge on any atom is -0.480 e. The summed E-state index contributed by atoms with van der Waals surface area (Å²) in [6, 6.07) is 4.20. The number of ether oxygens (including phenoxy) is 2. The van der Waals surface area contributed by atoms with E-state index in [0.29, 0.717) is 31.3 Å². The maximum absolute atomic E-state index is 12.8. The summed E-state index contributed by atoms with van der Waals surface area (Å²) in [5.41, 5.74) is 1.49. The molecule has 0 bridgehead atoms. The van der Waals surface area contributed by atoms with Crippen LogP contribution in [-0.2, 0) is 11.3 Å². The molecule has 0 saturated carbocycles. The van der Waals surface area contributed by atoms with Crippen LogP contribution in [0.4, 0.5) is 0 Å².